The first kappa shape index (κ1) is 46.0. The van der Waals surface area contributed by atoms with Crippen molar-refractivity contribution in [2.24, 2.45) is 16.8 Å². The first-order valence-electron chi connectivity index (χ1n) is 22.4. The molecule has 3 aliphatic heterocycles. The number of methoxy groups -OCH3 is 2. The Balaban J connectivity index is 0.974. The minimum absolute atomic E-state index is 0.113. The molecule has 1 unspecified atom stereocenters. The number of esters is 1. The number of hydrogen-bond donors (Lipinski definition) is 5. The molecule has 66 heavy (non-hydrogen) atoms. The fourth-order valence-electron chi connectivity index (χ4n) is 9.35. The van der Waals surface area contributed by atoms with Gasteiger partial charge in [-0.3, -0.25) is 19.4 Å². The number of amides is 4. The van der Waals surface area contributed by atoms with Crippen molar-refractivity contribution in [2.75, 3.05) is 33.9 Å². The number of nitrogens with zero attached hydrogens (tertiary/aromatic N) is 4. The number of carbonyl (C=O) groups is 5. The first-order valence-corrected chi connectivity index (χ1v) is 23.3. The Bertz CT molecular complexity index is 2700. The van der Waals surface area contributed by atoms with Crippen LogP contribution < -0.4 is 10.6 Å². The molecule has 0 radical (unpaired) electrons. The summed E-state index contributed by atoms with van der Waals surface area (Å²) in [6, 6.07) is 14.3. The number of fused-ring (bicyclic) bond motifs is 1. The first-order chi connectivity index (χ1) is 31.8. The van der Waals surface area contributed by atoms with E-state index in [9.17, 15) is 29.1 Å². The van der Waals surface area contributed by atoms with E-state index in [1.165, 1.54) is 14.2 Å². The van der Waals surface area contributed by atoms with Crippen LogP contribution in [0, 0.1) is 11.8 Å². The Hall–Kier alpha value is -6.59. The Kier molecular flexibility index (Phi) is 13.6. The summed E-state index contributed by atoms with van der Waals surface area (Å²) in [4.78, 5) is 84.5. The van der Waals surface area contributed by atoms with Crippen LogP contribution in [0.3, 0.4) is 0 Å². The molecule has 8 rings (SSSR count). The van der Waals surface area contributed by atoms with E-state index >= 15 is 0 Å². The monoisotopic (exact) mass is 916 g/mol. The van der Waals surface area contributed by atoms with Crippen molar-refractivity contribution in [3.63, 3.8) is 0 Å². The predicted molar refractivity (Wildman–Crippen MR) is 252 cm³/mol. The standard InChI is InChI=1S/C49H56N8O8S/c1-26(2)40(53-38(59)24-58)46(60)57-20-8-10-37(57)45-51-23-35(52-45)30-15-17-31(18-16-30)39-43(48(62)64-5)54-42-33(25-66-44(39)42)29-13-11-28(12-14-29)32-21-34(50-22-32)36-9-7-19-56(36)47(61)41(27(3)4)55-49(63)65-6/h11-18,22-23,25-27,36-37,40-41,54,58H,7-10,19-21,24H2,1-6H3,(H,51,52)(H,53,59)(H,55,63)/t36?,37-,40-,41-/m0/s1. The number of nitrogens with one attached hydrogen (secondary N) is 4. The smallest absolute Gasteiger partial charge is 0.407 e. The SMILES string of the molecule is COC(=O)N[C@H](C(=O)N1CCCC1C1=NC=C(c2ccc(-c3csc4c(-c5ccc(-c6cnc([C@@H]7CCCN7C(=O)[C@@H](NC(=O)CO)C(C)C)[nH]6)cc5)c(C(=O)OC)[nH]c34)cc2)C1)C(C)C. The van der Waals surface area contributed by atoms with Crippen molar-refractivity contribution in [3.8, 4) is 33.5 Å². The minimum atomic E-state index is -0.758. The van der Waals surface area contributed by atoms with Crippen LogP contribution >= 0.6 is 11.3 Å². The molecule has 0 saturated carbocycles. The maximum Gasteiger partial charge on any atom is 0.407 e. The number of aliphatic hydroxyl groups excluding tert-OH is 1. The van der Waals surface area contributed by atoms with Crippen LogP contribution in [0.2, 0.25) is 0 Å². The van der Waals surface area contributed by atoms with Gasteiger partial charge < -0.3 is 45.0 Å². The third kappa shape index (κ3) is 9.01. The Morgan fingerprint density at radius 1 is 0.803 bits per heavy atom. The van der Waals surface area contributed by atoms with E-state index in [2.05, 4.69) is 55.2 Å². The number of imidazole rings is 1. The Morgan fingerprint density at radius 2 is 1.41 bits per heavy atom. The van der Waals surface area contributed by atoms with Crippen LogP contribution in [0.5, 0.6) is 0 Å². The van der Waals surface area contributed by atoms with Gasteiger partial charge in [0, 0.05) is 47.9 Å². The molecule has 3 aromatic heterocycles. The number of hydrogen-bond acceptors (Lipinski definition) is 11. The van der Waals surface area contributed by atoms with Crippen LogP contribution in [0.1, 0.15) is 87.7 Å². The van der Waals surface area contributed by atoms with Crippen molar-refractivity contribution in [3.05, 3.63) is 83.4 Å². The zero-order valence-corrected chi connectivity index (χ0v) is 38.8. The number of likely N-dealkylation sites (tertiary alicyclic amines) is 2. The molecule has 346 valence electrons. The van der Waals surface area contributed by atoms with Gasteiger partial charge in [-0.05, 0) is 65.3 Å². The van der Waals surface area contributed by atoms with Crippen molar-refractivity contribution < 1.29 is 38.6 Å². The highest BCUT2D eigenvalue weighted by Crippen LogP contribution is 2.43. The van der Waals surface area contributed by atoms with Gasteiger partial charge in [0.1, 0.15) is 30.2 Å². The molecule has 4 amide bonds. The van der Waals surface area contributed by atoms with E-state index in [0.717, 1.165) is 86.3 Å². The Morgan fingerprint density at radius 3 is 2.05 bits per heavy atom. The van der Waals surface area contributed by atoms with E-state index < -0.39 is 36.7 Å². The predicted octanol–water partition coefficient (Wildman–Crippen LogP) is 7.09. The average Bonchev–Trinajstić information content (AvgIpc) is 4.19. The molecule has 6 heterocycles. The fraction of sp³-hybridized carbons (Fsp3) is 0.408. The van der Waals surface area contributed by atoms with E-state index in [0.29, 0.717) is 31.0 Å². The highest BCUT2D eigenvalue weighted by molar-refractivity contribution is 7.18. The van der Waals surface area contributed by atoms with Gasteiger partial charge in [0.2, 0.25) is 17.7 Å². The molecule has 2 aromatic carbocycles. The van der Waals surface area contributed by atoms with Crippen LogP contribution in [0.15, 0.2) is 71.3 Å². The van der Waals surface area contributed by atoms with E-state index in [1.807, 2.05) is 63.1 Å². The summed E-state index contributed by atoms with van der Waals surface area (Å²) < 4.78 is 10.9. The number of alkyl carbamates (subject to hydrolysis) is 1. The number of allylic oxidation sites excluding steroid dienone is 1. The maximum atomic E-state index is 13.7. The topological polar surface area (TPSA) is 211 Å². The van der Waals surface area contributed by atoms with Crippen molar-refractivity contribution in [1.29, 1.82) is 0 Å². The molecule has 5 aromatic rings. The summed E-state index contributed by atoms with van der Waals surface area (Å²) in [5.74, 6) is -1.02. The second kappa shape index (κ2) is 19.5. The summed E-state index contributed by atoms with van der Waals surface area (Å²) in [5.41, 5.74) is 9.35. The number of rotatable bonds is 14. The quantitative estimate of drug-likeness (QED) is 0.0719. The second-order valence-corrected chi connectivity index (χ2v) is 18.6. The van der Waals surface area contributed by atoms with Gasteiger partial charge in [-0.15, -0.1) is 11.3 Å². The lowest BCUT2D eigenvalue weighted by molar-refractivity contribution is -0.139. The highest BCUT2D eigenvalue weighted by Gasteiger charge is 2.39. The number of thiophene rings is 1. The van der Waals surface area contributed by atoms with Crippen LogP contribution in [0.4, 0.5) is 4.79 Å². The van der Waals surface area contributed by atoms with Gasteiger partial charge in [0.05, 0.1) is 48.4 Å². The summed E-state index contributed by atoms with van der Waals surface area (Å²) in [5, 5.41) is 16.8. The molecule has 2 fully saturated rings. The largest absolute Gasteiger partial charge is 0.464 e. The molecule has 3 aliphatic rings. The van der Waals surface area contributed by atoms with Gasteiger partial charge >= 0.3 is 12.1 Å². The summed E-state index contributed by atoms with van der Waals surface area (Å²) >= 11 is 1.55. The number of aliphatic hydroxyl groups is 1. The normalized spacial score (nSPS) is 18.1. The summed E-state index contributed by atoms with van der Waals surface area (Å²) in [6.45, 7) is 7.98. The molecule has 2 saturated heterocycles. The number of aliphatic imine (C=N–C) groups is 1. The molecule has 4 atom stereocenters. The van der Waals surface area contributed by atoms with Crippen molar-refractivity contribution in [1.82, 2.24) is 35.4 Å². The van der Waals surface area contributed by atoms with Crippen LogP contribution in [-0.2, 0) is 23.9 Å². The van der Waals surface area contributed by atoms with Crippen LogP contribution in [0.25, 0.3) is 49.3 Å². The number of ether oxygens (including phenoxy) is 2. The lowest BCUT2D eigenvalue weighted by Gasteiger charge is -2.31. The molecule has 16 nitrogen and oxygen atoms in total. The summed E-state index contributed by atoms with van der Waals surface area (Å²) in [6.07, 6.45) is 6.81. The molecular weight excluding hydrogens is 861 g/mol. The van der Waals surface area contributed by atoms with E-state index in [1.54, 1.807) is 22.4 Å². The molecular formula is C49H56N8O8S. The van der Waals surface area contributed by atoms with Crippen molar-refractivity contribution >= 4 is 62.6 Å². The molecule has 5 N–H and O–H groups in total. The fourth-order valence-corrected chi connectivity index (χ4v) is 10.5. The number of H-pyrrole nitrogens is 2. The van der Waals surface area contributed by atoms with E-state index in [4.69, 9.17) is 14.5 Å². The van der Waals surface area contributed by atoms with Crippen molar-refractivity contribution in [2.45, 2.75) is 84.0 Å². The van der Waals surface area contributed by atoms with Crippen LogP contribution in [-0.4, -0.2) is 117 Å². The number of aromatic amines is 2. The van der Waals surface area contributed by atoms with E-state index in [-0.39, 0.29) is 35.7 Å². The van der Waals surface area contributed by atoms with Gasteiger partial charge in [-0.25, -0.2) is 14.6 Å². The number of carbonyl (C=O) groups excluding carboxylic acids is 5. The third-order valence-electron chi connectivity index (χ3n) is 12.9. The van der Waals surface area contributed by atoms with Gasteiger partial charge in [-0.2, -0.15) is 0 Å². The molecule has 0 spiro atoms. The lowest BCUT2D eigenvalue weighted by Crippen LogP contribution is -2.53. The van der Waals surface area contributed by atoms with Gasteiger partial charge in [0.25, 0.3) is 0 Å². The molecule has 0 bridgehead atoms. The number of aromatic nitrogens is 3. The lowest BCUT2D eigenvalue weighted by atomic mass is 9.96. The zero-order valence-electron chi connectivity index (χ0n) is 38.0. The Labute approximate surface area is 386 Å². The van der Waals surface area contributed by atoms with Gasteiger partial charge in [-0.1, -0.05) is 76.2 Å². The molecule has 17 heteroatoms. The minimum Gasteiger partial charge on any atom is -0.464 e. The second-order valence-electron chi connectivity index (χ2n) is 17.7. The van der Waals surface area contributed by atoms with Gasteiger partial charge in [0.15, 0.2) is 0 Å². The number of benzene rings is 2. The maximum absolute atomic E-state index is 13.7. The third-order valence-corrected chi connectivity index (χ3v) is 13.9. The summed E-state index contributed by atoms with van der Waals surface area (Å²) in [7, 11) is 2.66. The highest BCUT2D eigenvalue weighted by atomic mass is 32.1. The molecule has 0 aliphatic carbocycles. The average molecular weight is 917 g/mol. The zero-order chi connectivity index (χ0) is 46.8.